The molecule has 180 valence electrons. The number of rotatable bonds is 8. The fraction of sp³-hybridized carbons (Fsp3) is 0.296. The Hall–Kier alpha value is -4.07. The van der Waals surface area contributed by atoms with Crippen molar-refractivity contribution in [3.8, 4) is 0 Å². The summed E-state index contributed by atoms with van der Waals surface area (Å²) in [6, 6.07) is 17.7. The van der Waals surface area contributed by atoms with E-state index in [4.69, 9.17) is 0 Å². The number of amides is 2. The number of benzene rings is 2. The molecular weight excluding hydrogens is 440 g/mol. The number of hydrogen-bond acceptors (Lipinski definition) is 5. The number of para-hydroxylation sites is 2. The molecule has 1 unspecified atom stereocenters. The van der Waals surface area contributed by atoms with E-state index in [2.05, 4.69) is 20.6 Å². The normalized spacial score (nSPS) is 12.3. The summed E-state index contributed by atoms with van der Waals surface area (Å²) in [6.45, 7) is 7.81. The number of aryl methyl sites for hydroxylation is 1. The van der Waals surface area contributed by atoms with Crippen molar-refractivity contribution in [2.24, 2.45) is 0 Å². The second-order valence-corrected chi connectivity index (χ2v) is 9.20. The summed E-state index contributed by atoms with van der Waals surface area (Å²) in [5, 5.41) is 11.5. The Morgan fingerprint density at radius 3 is 2.43 bits per heavy atom. The van der Waals surface area contributed by atoms with Crippen molar-refractivity contribution in [1.82, 2.24) is 25.3 Å². The summed E-state index contributed by atoms with van der Waals surface area (Å²) < 4.78 is 1.57. The van der Waals surface area contributed by atoms with Crippen LogP contribution in [-0.4, -0.2) is 37.3 Å². The maximum Gasteiger partial charge on any atom is 0.249 e. The second kappa shape index (κ2) is 10.0. The Balaban J connectivity index is 1.82. The van der Waals surface area contributed by atoms with E-state index in [0.717, 1.165) is 17.5 Å². The minimum absolute atomic E-state index is 0.0686. The fourth-order valence-corrected chi connectivity index (χ4v) is 3.94. The van der Waals surface area contributed by atoms with Crippen LogP contribution in [0.5, 0.6) is 0 Å². The smallest absolute Gasteiger partial charge is 0.249 e. The van der Waals surface area contributed by atoms with Gasteiger partial charge in [-0.25, -0.2) is 4.68 Å². The van der Waals surface area contributed by atoms with Crippen LogP contribution in [-0.2, 0) is 16.1 Å². The Kier molecular flexibility index (Phi) is 6.91. The molecule has 2 aromatic heterocycles. The highest BCUT2D eigenvalue weighted by molar-refractivity contribution is 6.02. The third kappa shape index (κ3) is 5.21. The van der Waals surface area contributed by atoms with Crippen LogP contribution in [0.15, 0.2) is 73.1 Å². The van der Waals surface area contributed by atoms with E-state index >= 15 is 0 Å². The molecule has 1 atom stereocenters. The number of nitrogens with one attached hydrogen (secondary N) is 1. The number of aromatic nitrogens is 4. The van der Waals surface area contributed by atoms with E-state index in [1.54, 1.807) is 34.1 Å². The maximum atomic E-state index is 14.0. The fourth-order valence-electron chi connectivity index (χ4n) is 3.94. The quantitative estimate of drug-likeness (QED) is 0.416. The number of carbonyl (C=O) groups excluding carboxylic acids is 2. The molecule has 0 bridgehead atoms. The van der Waals surface area contributed by atoms with Gasteiger partial charge >= 0.3 is 0 Å². The van der Waals surface area contributed by atoms with Crippen LogP contribution in [0.2, 0.25) is 0 Å². The molecule has 2 amide bonds. The molecule has 0 radical (unpaired) electrons. The van der Waals surface area contributed by atoms with Gasteiger partial charge in [-0.15, -0.1) is 5.10 Å². The molecule has 35 heavy (non-hydrogen) atoms. The minimum atomic E-state index is -0.896. The Morgan fingerprint density at radius 1 is 1.03 bits per heavy atom. The first-order valence-corrected chi connectivity index (χ1v) is 11.7. The standard InChI is InChI=1S/C27H30N6O2/c1-5-27(3,4)29-26(35)25(20-14-16-28-17-15-20)33(22-12-8-6-10-19(22)2)24(34)18-32-23-13-9-7-11-21(23)30-31-32/h6-17,25H,5,18H2,1-4H3,(H,29,35). The predicted molar refractivity (Wildman–Crippen MR) is 136 cm³/mol. The molecule has 4 aromatic rings. The van der Waals surface area contributed by atoms with Crippen LogP contribution in [0, 0.1) is 6.92 Å². The molecule has 0 spiro atoms. The lowest BCUT2D eigenvalue weighted by Gasteiger charge is -2.35. The van der Waals surface area contributed by atoms with E-state index < -0.39 is 11.6 Å². The average Bonchev–Trinajstić information content (AvgIpc) is 3.26. The van der Waals surface area contributed by atoms with Gasteiger partial charge in [0.2, 0.25) is 11.8 Å². The van der Waals surface area contributed by atoms with Gasteiger partial charge in [-0.05, 0) is 68.7 Å². The van der Waals surface area contributed by atoms with Gasteiger partial charge < -0.3 is 5.32 Å². The second-order valence-electron chi connectivity index (χ2n) is 9.20. The van der Waals surface area contributed by atoms with Gasteiger partial charge in [0, 0.05) is 23.6 Å². The molecule has 0 fully saturated rings. The number of carbonyl (C=O) groups is 2. The number of nitrogens with zero attached hydrogens (tertiary/aromatic N) is 5. The maximum absolute atomic E-state index is 14.0. The summed E-state index contributed by atoms with van der Waals surface area (Å²) >= 11 is 0. The van der Waals surface area contributed by atoms with Crippen LogP contribution >= 0.6 is 0 Å². The molecule has 0 aliphatic carbocycles. The van der Waals surface area contributed by atoms with Crippen LogP contribution in [0.1, 0.15) is 44.4 Å². The van der Waals surface area contributed by atoms with Gasteiger partial charge in [-0.3, -0.25) is 19.5 Å². The van der Waals surface area contributed by atoms with Gasteiger partial charge in [0.05, 0.1) is 5.52 Å². The van der Waals surface area contributed by atoms with Crippen LogP contribution < -0.4 is 10.2 Å². The van der Waals surface area contributed by atoms with Crippen molar-refractivity contribution in [2.45, 2.75) is 52.2 Å². The largest absolute Gasteiger partial charge is 0.349 e. The topological polar surface area (TPSA) is 93.0 Å². The van der Waals surface area contributed by atoms with Crippen LogP contribution in [0.4, 0.5) is 5.69 Å². The number of pyridine rings is 1. The Morgan fingerprint density at radius 2 is 1.71 bits per heavy atom. The highest BCUT2D eigenvalue weighted by Crippen LogP contribution is 2.31. The molecule has 0 aliphatic heterocycles. The first kappa shape index (κ1) is 24.1. The summed E-state index contributed by atoms with van der Waals surface area (Å²) in [5.74, 6) is -0.538. The van der Waals surface area contributed by atoms with Crippen molar-refractivity contribution in [3.63, 3.8) is 0 Å². The summed E-state index contributed by atoms with van der Waals surface area (Å²) in [4.78, 5) is 33.5. The van der Waals surface area contributed by atoms with E-state index in [1.165, 1.54) is 0 Å². The van der Waals surface area contributed by atoms with E-state index in [1.807, 2.05) is 76.2 Å². The minimum Gasteiger partial charge on any atom is -0.349 e. The summed E-state index contributed by atoms with van der Waals surface area (Å²) in [5.41, 5.74) is 3.23. The molecule has 0 saturated heterocycles. The molecule has 8 heteroatoms. The third-order valence-corrected chi connectivity index (χ3v) is 6.22. The molecule has 0 aliphatic rings. The van der Waals surface area contributed by atoms with E-state index in [0.29, 0.717) is 16.8 Å². The molecule has 2 heterocycles. The average molecular weight is 471 g/mol. The monoisotopic (exact) mass is 470 g/mol. The third-order valence-electron chi connectivity index (χ3n) is 6.22. The first-order valence-electron chi connectivity index (χ1n) is 11.7. The van der Waals surface area contributed by atoms with Crippen LogP contribution in [0.25, 0.3) is 11.0 Å². The van der Waals surface area contributed by atoms with Gasteiger partial charge in [0.1, 0.15) is 18.1 Å². The predicted octanol–water partition coefficient (Wildman–Crippen LogP) is 4.21. The van der Waals surface area contributed by atoms with Crippen molar-refractivity contribution in [2.75, 3.05) is 4.90 Å². The Labute approximate surface area is 205 Å². The molecule has 0 saturated carbocycles. The molecule has 1 N–H and O–H groups in total. The highest BCUT2D eigenvalue weighted by atomic mass is 16.2. The van der Waals surface area contributed by atoms with E-state index in [9.17, 15) is 9.59 Å². The zero-order chi connectivity index (χ0) is 25.0. The van der Waals surface area contributed by atoms with Crippen molar-refractivity contribution in [3.05, 3.63) is 84.2 Å². The highest BCUT2D eigenvalue weighted by Gasteiger charge is 2.35. The molecule has 2 aromatic carbocycles. The van der Waals surface area contributed by atoms with Gasteiger partial charge in [-0.1, -0.05) is 42.5 Å². The van der Waals surface area contributed by atoms with Crippen LogP contribution in [0.3, 0.4) is 0 Å². The number of anilines is 1. The summed E-state index contributed by atoms with van der Waals surface area (Å²) in [7, 11) is 0. The lowest BCUT2D eigenvalue weighted by Crippen LogP contribution is -2.51. The molecule has 8 nitrogen and oxygen atoms in total. The molecular formula is C27H30N6O2. The lowest BCUT2D eigenvalue weighted by molar-refractivity contribution is -0.128. The lowest BCUT2D eigenvalue weighted by atomic mass is 9.98. The van der Waals surface area contributed by atoms with Crippen molar-refractivity contribution in [1.29, 1.82) is 0 Å². The zero-order valence-corrected chi connectivity index (χ0v) is 20.5. The zero-order valence-electron chi connectivity index (χ0n) is 20.5. The van der Waals surface area contributed by atoms with Gasteiger partial charge in [-0.2, -0.15) is 0 Å². The van der Waals surface area contributed by atoms with Gasteiger partial charge in [0.15, 0.2) is 0 Å². The van der Waals surface area contributed by atoms with Crippen molar-refractivity contribution < 1.29 is 9.59 Å². The first-order chi connectivity index (χ1) is 16.8. The SMILES string of the molecule is CCC(C)(C)NC(=O)C(c1ccncc1)N(C(=O)Cn1nnc2ccccc21)c1ccccc1C. The summed E-state index contributed by atoms with van der Waals surface area (Å²) in [6.07, 6.45) is 4.00. The molecule has 4 rings (SSSR count). The number of hydrogen-bond donors (Lipinski definition) is 1. The van der Waals surface area contributed by atoms with E-state index in [-0.39, 0.29) is 18.4 Å². The Bertz CT molecular complexity index is 1330. The van der Waals surface area contributed by atoms with Crippen molar-refractivity contribution >= 4 is 28.5 Å². The number of fused-ring (bicyclic) bond motifs is 1. The van der Waals surface area contributed by atoms with Gasteiger partial charge in [0.25, 0.3) is 0 Å².